The standard InChI is InChI=1S/C20H19N3O3/c24-11-5-10-23-18(21-17-9-4-2-7-14(17)20(23)26)12-15-13-6-1-3-8-16(13)22-19(15)25/h1-4,6-9,15,24H,5,10-12H2,(H,22,25)/t15-/m0/s1. The van der Waals surface area contributed by atoms with Gasteiger partial charge in [-0.15, -0.1) is 0 Å². The van der Waals surface area contributed by atoms with Gasteiger partial charge in [0.15, 0.2) is 0 Å². The molecular formula is C20H19N3O3. The predicted molar refractivity (Wildman–Crippen MR) is 99.2 cm³/mol. The minimum absolute atomic E-state index is 0.00848. The molecule has 132 valence electrons. The van der Waals surface area contributed by atoms with Crippen LogP contribution in [0.1, 0.15) is 23.7 Å². The minimum atomic E-state index is -0.375. The Morgan fingerprint density at radius 2 is 1.85 bits per heavy atom. The van der Waals surface area contributed by atoms with Crippen molar-refractivity contribution in [1.29, 1.82) is 0 Å². The Labute approximate surface area is 150 Å². The van der Waals surface area contributed by atoms with Gasteiger partial charge in [0, 0.05) is 25.3 Å². The van der Waals surface area contributed by atoms with Crippen LogP contribution in [0.4, 0.5) is 5.69 Å². The second-order valence-electron chi connectivity index (χ2n) is 6.41. The van der Waals surface area contributed by atoms with Gasteiger partial charge >= 0.3 is 0 Å². The fourth-order valence-corrected chi connectivity index (χ4v) is 3.49. The number of hydrogen-bond donors (Lipinski definition) is 2. The van der Waals surface area contributed by atoms with Crippen molar-refractivity contribution in [3.63, 3.8) is 0 Å². The second kappa shape index (κ2) is 6.72. The summed E-state index contributed by atoms with van der Waals surface area (Å²) >= 11 is 0. The molecule has 0 spiro atoms. The number of carbonyl (C=O) groups is 1. The third kappa shape index (κ3) is 2.78. The Bertz CT molecular complexity index is 1040. The molecule has 0 radical (unpaired) electrons. The molecular weight excluding hydrogens is 330 g/mol. The van der Waals surface area contributed by atoms with Crippen LogP contribution in [-0.2, 0) is 17.8 Å². The molecule has 1 aliphatic rings. The highest BCUT2D eigenvalue weighted by atomic mass is 16.3. The quantitative estimate of drug-likeness (QED) is 0.738. The number of para-hydroxylation sites is 2. The molecule has 2 heterocycles. The summed E-state index contributed by atoms with van der Waals surface area (Å²) < 4.78 is 1.59. The summed E-state index contributed by atoms with van der Waals surface area (Å²) in [6.07, 6.45) is 0.800. The molecule has 4 rings (SSSR count). The Hall–Kier alpha value is -2.99. The first-order valence-corrected chi connectivity index (χ1v) is 8.68. The molecule has 6 nitrogen and oxygen atoms in total. The molecule has 3 aromatic rings. The van der Waals surface area contributed by atoms with Crippen LogP contribution in [0.2, 0.25) is 0 Å². The van der Waals surface area contributed by atoms with Gasteiger partial charge in [-0.3, -0.25) is 14.2 Å². The normalized spacial score (nSPS) is 15.9. The van der Waals surface area contributed by atoms with Crippen LogP contribution >= 0.6 is 0 Å². The van der Waals surface area contributed by atoms with Crippen molar-refractivity contribution < 1.29 is 9.90 Å². The Morgan fingerprint density at radius 1 is 1.08 bits per heavy atom. The lowest BCUT2D eigenvalue weighted by molar-refractivity contribution is -0.117. The first-order chi connectivity index (χ1) is 12.7. The summed E-state index contributed by atoms with van der Waals surface area (Å²) in [5.41, 5.74) is 2.23. The summed E-state index contributed by atoms with van der Waals surface area (Å²) in [7, 11) is 0. The van der Waals surface area contributed by atoms with Gasteiger partial charge in [-0.05, 0) is 30.2 Å². The molecule has 26 heavy (non-hydrogen) atoms. The van der Waals surface area contributed by atoms with E-state index in [0.29, 0.717) is 36.1 Å². The maximum Gasteiger partial charge on any atom is 0.261 e. The number of aliphatic hydroxyl groups is 1. The third-order valence-electron chi connectivity index (χ3n) is 4.78. The zero-order chi connectivity index (χ0) is 18.1. The Kier molecular flexibility index (Phi) is 4.26. The van der Waals surface area contributed by atoms with E-state index in [2.05, 4.69) is 10.3 Å². The number of nitrogens with one attached hydrogen (secondary N) is 1. The number of benzene rings is 2. The monoisotopic (exact) mass is 349 g/mol. The van der Waals surface area contributed by atoms with E-state index < -0.39 is 0 Å². The van der Waals surface area contributed by atoms with E-state index in [1.54, 1.807) is 16.7 Å². The van der Waals surface area contributed by atoms with Crippen molar-refractivity contribution >= 4 is 22.5 Å². The van der Waals surface area contributed by atoms with E-state index >= 15 is 0 Å². The van der Waals surface area contributed by atoms with Gasteiger partial charge in [0.2, 0.25) is 5.91 Å². The van der Waals surface area contributed by atoms with Gasteiger partial charge in [0.05, 0.1) is 16.8 Å². The summed E-state index contributed by atoms with van der Waals surface area (Å²) in [5.74, 6) is 0.112. The van der Waals surface area contributed by atoms with Gasteiger partial charge in [-0.25, -0.2) is 4.98 Å². The van der Waals surface area contributed by atoms with Crippen LogP contribution in [0, 0.1) is 0 Å². The molecule has 6 heteroatoms. The van der Waals surface area contributed by atoms with Gasteiger partial charge in [-0.2, -0.15) is 0 Å². The lowest BCUT2D eigenvalue weighted by Gasteiger charge is -2.15. The van der Waals surface area contributed by atoms with Crippen LogP contribution in [0.5, 0.6) is 0 Å². The average molecular weight is 349 g/mol. The molecule has 2 aromatic carbocycles. The van der Waals surface area contributed by atoms with Crippen LogP contribution in [0.15, 0.2) is 53.3 Å². The molecule has 0 saturated heterocycles. The zero-order valence-electron chi connectivity index (χ0n) is 14.2. The molecule has 0 unspecified atom stereocenters. The number of amides is 1. The molecule has 0 aliphatic carbocycles. The number of fused-ring (bicyclic) bond motifs is 2. The minimum Gasteiger partial charge on any atom is -0.396 e. The number of carbonyl (C=O) groups excluding carboxylic acids is 1. The maximum absolute atomic E-state index is 12.9. The van der Waals surface area contributed by atoms with Crippen LogP contribution < -0.4 is 10.9 Å². The lowest BCUT2D eigenvalue weighted by atomic mass is 9.96. The van der Waals surface area contributed by atoms with Crippen molar-refractivity contribution in [3.05, 3.63) is 70.3 Å². The predicted octanol–water partition coefficient (Wildman–Crippen LogP) is 2.06. The summed E-state index contributed by atoms with van der Waals surface area (Å²) in [6.45, 7) is 0.365. The largest absolute Gasteiger partial charge is 0.396 e. The van der Waals surface area contributed by atoms with Crippen molar-refractivity contribution in [1.82, 2.24) is 9.55 Å². The Balaban J connectivity index is 1.80. The van der Waals surface area contributed by atoms with Crippen molar-refractivity contribution in [2.24, 2.45) is 0 Å². The highest BCUT2D eigenvalue weighted by Crippen LogP contribution is 2.34. The highest BCUT2D eigenvalue weighted by molar-refractivity contribution is 6.03. The molecule has 1 amide bonds. The average Bonchev–Trinajstić information content (AvgIpc) is 2.97. The van der Waals surface area contributed by atoms with Crippen molar-refractivity contribution in [2.45, 2.75) is 25.3 Å². The van der Waals surface area contributed by atoms with E-state index in [1.165, 1.54) is 0 Å². The van der Waals surface area contributed by atoms with Gasteiger partial charge in [-0.1, -0.05) is 30.3 Å². The fraction of sp³-hybridized carbons (Fsp3) is 0.250. The fourth-order valence-electron chi connectivity index (χ4n) is 3.49. The van der Waals surface area contributed by atoms with Crippen LogP contribution in [-0.4, -0.2) is 27.2 Å². The zero-order valence-corrected chi connectivity index (χ0v) is 14.2. The van der Waals surface area contributed by atoms with E-state index in [4.69, 9.17) is 0 Å². The number of rotatable bonds is 5. The molecule has 1 aliphatic heterocycles. The van der Waals surface area contributed by atoms with E-state index in [1.807, 2.05) is 36.4 Å². The van der Waals surface area contributed by atoms with E-state index in [9.17, 15) is 14.7 Å². The summed E-state index contributed by atoms with van der Waals surface area (Å²) in [5, 5.41) is 12.6. The SMILES string of the molecule is O=C1Nc2ccccc2[C@@H]1Cc1nc2ccccc2c(=O)n1CCCO. The molecule has 0 bridgehead atoms. The van der Waals surface area contributed by atoms with Gasteiger partial charge in [0.1, 0.15) is 5.82 Å². The van der Waals surface area contributed by atoms with E-state index in [0.717, 1.165) is 11.3 Å². The smallest absolute Gasteiger partial charge is 0.261 e. The molecule has 1 atom stereocenters. The topological polar surface area (TPSA) is 84.2 Å². The first kappa shape index (κ1) is 16.5. The molecule has 0 fully saturated rings. The van der Waals surface area contributed by atoms with Gasteiger partial charge in [0.25, 0.3) is 5.56 Å². The Morgan fingerprint density at radius 3 is 2.69 bits per heavy atom. The van der Waals surface area contributed by atoms with Crippen LogP contribution in [0.25, 0.3) is 10.9 Å². The number of hydrogen-bond acceptors (Lipinski definition) is 4. The number of nitrogens with zero attached hydrogens (tertiary/aromatic N) is 2. The molecule has 1 aromatic heterocycles. The molecule has 0 saturated carbocycles. The van der Waals surface area contributed by atoms with Gasteiger partial charge < -0.3 is 10.4 Å². The summed E-state index contributed by atoms with van der Waals surface area (Å²) in [6, 6.07) is 14.8. The van der Waals surface area contributed by atoms with Crippen molar-refractivity contribution in [2.75, 3.05) is 11.9 Å². The van der Waals surface area contributed by atoms with E-state index in [-0.39, 0.29) is 24.0 Å². The second-order valence-corrected chi connectivity index (χ2v) is 6.41. The number of anilines is 1. The highest BCUT2D eigenvalue weighted by Gasteiger charge is 2.31. The summed E-state index contributed by atoms with van der Waals surface area (Å²) in [4.78, 5) is 30.0. The van der Waals surface area contributed by atoms with Crippen LogP contribution in [0.3, 0.4) is 0 Å². The lowest BCUT2D eigenvalue weighted by Crippen LogP contribution is -2.28. The number of aromatic nitrogens is 2. The number of aliphatic hydroxyl groups excluding tert-OH is 1. The maximum atomic E-state index is 12.9. The first-order valence-electron chi connectivity index (χ1n) is 8.68. The molecule has 2 N–H and O–H groups in total. The third-order valence-corrected chi connectivity index (χ3v) is 4.78. The van der Waals surface area contributed by atoms with Crippen molar-refractivity contribution in [3.8, 4) is 0 Å².